The van der Waals surface area contributed by atoms with Gasteiger partial charge in [0.05, 0.1) is 10.6 Å². The molecule has 0 amide bonds. The Kier molecular flexibility index (Phi) is 2.07. The summed E-state index contributed by atoms with van der Waals surface area (Å²) in [5.41, 5.74) is 7.67. The van der Waals surface area contributed by atoms with Gasteiger partial charge in [-0.2, -0.15) is 5.10 Å². The Balaban J connectivity index is 2.07. The highest BCUT2D eigenvalue weighted by molar-refractivity contribution is 7.99. The maximum Gasteiger partial charge on any atom is 0.138 e. The highest BCUT2D eigenvalue weighted by Gasteiger charge is 2.14. The molecule has 16 heavy (non-hydrogen) atoms. The number of aryl methyl sites for hydroxylation is 1. The molecule has 0 saturated heterocycles. The fourth-order valence-electron chi connectivity index (χ4n) is 1.68. The van der Waals surface area contributed by atoms with E-state index in [4.69, 9.17) is 10.5 Å². The zero-order valence-electron chi connectivity index (χ0n) is 8.80. The average molecular weight is 233 g/mol. The molecule has 0 unspecified atom stereocenters. The predicted molar refractivity (Wildman–Crippen MR) is 64.4 cm³/mol. The topological polar surface area (TPSA) is 53.1 Å². The molecular formula is C11H11N3OS. The molecule has 2 N–H and O–H groups in total. The lowest BCUT2D eigenvalue weighted by molar-refractivity contribution is 0.398. The van der Waals surface area contributed by atoms with Gasteiger partial charge in [0.1, 0.15) is 17.5 Å². The van der Waals surface area contributed by atoms with Gasteiger partial charge in [0, 0.05) is 18.7 Å². The second-order valence-electron chi connectivity index (χ2n) is 3.65. The highest BCUT2D eigenvalue weighted by Crippen LogP contribution is 2.38. The molecule has 1 aliphatic heterocycles. The molecule has 4 nitrogen and oxygen atoms in total. The molecule has 82 valence electrons. The number of ether oxygens (including phenoxy) is 1. The third-order valence-electron chi connectivity index (χ3n) is 2.58. The van der Waals surface area contributed by atoms with Crippen molar-refractivity contribution in [1.82, 2.24) is 9.78 Å². The van der Waals surface area contributed by atoms with E-state index in [2.05, 4.69) is 11.2 Å². The fourth-order valence-corrected chi connectivity index (χ4v) is 2.42. The van der Waals surface area contributed by atoms with Gasteiger partial charge in [-0.1, -0.05) is 17.8 Å². The van der Waals surface area contributed by atoms with Crippen LogP contribution in [0, 0.1) is 0 Å². The van der Waals surface area contributed by atoms with Crippen LogP contribution in [0.1, 0.15) is 0 Å². The average Bonchev–Trinajstić information content (AvgIpc) is 2.85. The number of hydrogen-bond donors (Lipinski definition) is 1. The van der Waals surface area contributed by atoms with Crippen LogP contribution in [0.3, 0.4) is 0 Å². The minimum Gasteiger partial charge on any atom is -0.481 e. The molecular weight excluding hydrogens is 222 g/mol. The lowest BCUT2D eigenvalue weighted by Gasteiger charge is -2.00. The van der Waals surface area contributed by atoms with E-state index in [1.165, 1.54) is 4.90 Å². The van der Waals surface area contributed by atoms with Gasteiger partial charge in [-0.15, -0.1) is 0 Å². The first kappa shape index (κ1) is 9.59. The molecule has 0 atom stereocenters. The van der Waals surface area contributed by atoms with Gasteiger partial charge in [-0.05, 0) is 12.1 Å². The largest absolute Gasteiger partial charge is 0.481 e. The Morgan fingerprint density at radius 1 is 1.44 bits per heavy atom. The standard InChI is InChI=1S/C11H11N3OS/c1-14-11(12)5-8(13-14)7-2-3-10-9(4-7)15-6-16-10/h2-5H,6,12H2,1H3. The molecule has 0 spiro atoms. The van der Waals surface area contributed by atoms with Crippen molar-refractivity contribution in [3.8, 4) is 17.0 Å². The van der Waals surface area contributed by atoms with E-state index in [1.807, 2.05) is 25.2 Å². The number of rotatable bonds is 1. The number of nitrogens with two attached hydrogens (primary N) is 1. The van der Waals surface area contributed by atoms with E-state index in [9.17, 15) is 0 Å². The normalized spacial score (nSPS) is 13.6. The van der Waals surface area contributed by atoms with Crippen LogP contribution in [0.25, 0.3) is 11.3 Å². The molecule has 2 heterocycles. The molecule has 5 heteroatoms. The molecule has 0 bridgehead atoms. The molecule has 0 aliphatic carbocycles. The Morgan fingerprint density at radius 2 is 2.31 bits per heavy atom. The van der Waals surface area contributed by atoms with E-state index < -0.39 is 0 Å². The van der Waals surface area contributed by atoms with Gasteiger partial charge in [0.2, 0.25) is 0 Å². The summed E-state index contributed by atoms with van der Waals surface area (Å²) in [5, 5.41) is 4.34. The Morgan fingerprint density at radius 3 is 3.06 bits per heavy atom. The van der Waals surface area contributed by atoms with E-state index in [-0.39, 0.29) is 0 Å². The van der Waals surface area contributed by atoms with Crippen molar-refractivity contribution in [3.63, 3.8) is 0 Å². The molecule has 1 aromatic carbocycles. The molecule has 0 radical (unpaired) electrons. The molecule has 0 fully saturated rings. The van der Waals surface area contributed by atoms with Gasteiger partial charge < -0.3 is 10.5 Å². The molecule has 3 rings (SSSR count). The monoisotopic (exact) mass is 233 g/mol. The summed E-state index contributed by atoms with van der Waals surface area (Å²) in [7, 11) is 1.83. The highest BCUT2D eigenvalue weighted by atomic mass is 32.2. The Labute approximate surface area is 97.4 Å². The van der Waals surface area contributed by atoms with Crippen LogP contribution in [-0.4, -0.2) is 15.7 Å². The van der Waals surface area contributed by atoms with Crippen molar-refractivity contribution < 1.29 is 4.74 Å². The van der Waals surface area contributed by atoms with Crippen molar-refractivity contribution in [2.45, 2.75) is 4.90 Å². The summed E-state index contributed by atoms with van der Waals surface area (Å²) in [5.74, 6) is 2.29. The number of thioether (sulfide) groups is 1. The number of anilines is 1. The van der Waals surface area contributed by atoms with Crippen molar-refractivity contribution >= 4 is 17.6 Å². The number of nitrogens with zero attached hydrogens (tertiary/aromatic N) is 2. The molecule has 2 aromatic rings. The van der Waals surface area contributed by atoms with Crippen LogP contribution in [0.4, 0.5) is 5.82 Å². The van der Waals surface area contributed by atoms with Gasteiger partial charge >= 0.3 is 0 Å². The van der Waals surface area contributed by atoms with E-state index in [1.54, 1.807) is 16.4 Å². The fraction of sp³-hybridized carbons (Fsp3) is 0.182. The SMILES string of the molecule is Cn1nc(-c2ccc3c(c2)OCS3)cc1N. The third-order valence-corrected chi connectivity index (χ3v) is 3.47. The maximum atomic E-state index is 5.76. The van der Waals surface area contributed by atoms with Crippen LogP contribution >= 0.6 is 11.8 Å². The van der Waals surface area contributed by atoms with Crippen LogP contribution in [0.15, 0.2) is 29.2 Å². The predicted octanol–water partition coefficient (Wildman–Crippen LogP) is 2.11. The summed E-state index contributed by atoms with van der Waals surface area (Å²) in [6.45, 7) is 0. The maximum absolute atomic E-state index is 5.76. The number of hydrogen-bond acceptors (Lipinski definition) is 4. The summed E-state index contributed by atoms with van der Waals surface area (Å²) >= 11 is 1.71. The Hall–Kier alpha value is -1.62. The number of fused-ring (bicyclic) bond motifs is 1. The van der Waals surface area contributed by atoms with E-state index in [0.29, 0.717) is 11.8 Å². The third kappa shape index (κ3) is 1.44. The zero-order chi connectivity index (χ0) is 11.1. The van der Waals surface area contributed by atoms with E-state index >= 15 is 0 Å². The van der Waals surface area contributed by atoms with Crippen molar-refractivity contribution in [1.29, 1.82) is 0 Å². The summed E-state index contributed by atoms with van der Waals surface area (Å²) in [6, 6.07) is 7.98. The summed E-state index contributed by atoms with van der Waals surface area (Å²) < 4.78 is 7.16. The van der Waals surface area contributed by atoms with Crippen LogP contribution in [0.5, 0.6) is 5.75 Å². The first-order chi connectivity index (χ1) is 7.74. The second kappa shape index (κ2) is 3.45. The van der Waals surface area contributed by atoms with Crippen molar-refractivity contribution in [2.75, 3.05) is 11.7 Å². The van der Waals surface area contributed by atoms with Crippen LogP contribution in [-0.2, 0) is 7.05 Å². The number of aromatic nitrogens is 2. The first-order valence-corrected chi connectivity index (χ1v) is 5.92. The quantitative estimate of drug-likeness (QED) is 0.819. The van der Waals surface area contributed by atoms with Crippen molar-refractivity contribution in [3.05, 3.63) is 24.3 Å². The number of benzene rings is 1. The minimum absolute atomic E-state index is 0.658. The van der Waals surface area contributed by atoms with Gasteiger partial charge in [0.25, 0.3) is 0 Å². The van der Waals surface area contributed by atoms with Gasteiger partial charge in [-0.25, -0.2) is 0 Å². The molecule has 1 aromatic heterocycles. The van der Waals surface area contributed by atoms with Crippen LogP contribution in [0.2, 0.25) is 0 Å². The summed E-state index contributed by atoms with van der Waals surface area (Å²) in [6.07, 6.45) is 0. The first-order valence-electron chi connectivity index (χ1n) is 4.93. The Bertz CT molecular complexity index is 531. The second-order valence-corrected chi connectivity index (χ2v) is 4.61. The van der Waals surface area contributed by atoms with Gasteiger partial charge in [0.15, 0.2) is 0 Å². The zero-order valence-corrected chi connectivity index (χ0v) is 9.62. The summed E-state index contributed by atoms with van der Waals surface area (Å²) in [4.78, 5) is 1.19. The smallest absolute Gasteiger partial charge is 0.138 e. The van der Waals surface area contributed by atoms with Gasteiger partial charge in [-0.3, -0.25) is 4.68 Å². The molecule has 0 saturated carbocycles. The van der Waals surface area contributed by atoms with Crippen molar-refractivity contribution in [2.24, 2.45) is 7.05 Å². The lowest BCUT2D eigenvalue weighted by atomic mass is 10.1. The number of nitrogen functional groups attached to an aromatic ring is 1. The lowest BCUT2D eigenvalue weighted by Crippen LogP contribution is -1.96. The minimum atomic E-state index is 0.658. The van der Waals surface area contributed by atoms with Crippen LogP contribution < -0.4 is 10.5 Å². The van der Waals surface area contributed by atoms with E-state index in [0.717, 1.165) is 17.0 Å². The molecule has 1 aliphatic rings.